The lowest BCUT2D eigenvalue weighted by Crippen LogP contribution is -2.09. The van der Waals surface area contributed by atoms with Gasteiger partial charge in [-0.15, -0.1) is 0 Å². The van der Waals surface area contributed by atoms with Crippen LogP contribution >= 0.6 is 0 Å². The van der Waals surface area contributed by atoms with Gasteiger partial charge in [-0.1, -0.05) is 60.7 Å². The Labute approximate surface area is 175 Å². The van der Waals surface area contributed by atoms with Gasteiger partial charge in [0.1, 0.15) is 24.5 Å². The summed E-state index contributed by atoms with van der Waals surface area (Å²) in [7, 11) is 0. The summed E-state index contributed by atoms with van der Waals surface area (Å²) >= 11 is 0. The van der Waals surface area contributed by atoms with E-state index in [0.29, 0.717) is 29.3 Å². The Hall–Kier alpha value is -3.99. The number of hydrogen-bond acceptors (Lipinski definition) is 5. The molecule has 0 spiro atoms. The first-order valence-corrected chi connectivity index (χ1v) is 9.59. The fourth-order valence-electron chi connectivity index (χ4n) is 2.94. The molecule has 1 aromatic heterocycles. The molecule has 0 saturated carbocycles. The third-order valence-electron chi connectivity index (χ3n) is 4.47. The first-order valence-electron chi connectivity index (χ1n) is 9.59. The number of aromatic nitrogens is 2. The van der Waals surface area contributed by atoms with Crippen LogP contribution in [0.5, 0.6) is 5.75 Å². The molecule has 4 rings (SSSR count). The van der Waals surface area contributed by atoms with Gasteiger partial charge in [-0.05, 0) is 35.4 Å². The van der Waals surface area contributed by atoms with Gasteiger partial charge in [0.05, 0.1) is 0 Å². The van der Waals surface area contributed by atoms with Crippen LogP contribution in [-0.4, -0.2) is 15.9 Å². The maximum atomic E-state index is 12.9. The van der Waals surface area contributed by atoms with Crippen LogP contribution in [0.4, 0.5) is 0 Å². The van der Waals surface area contributed by atoms with Crippen molar-refractivity contribution in [2.24, 2.45) is 0 Å². The second kappa shape index (κ2) is 9.47. The molecule has 30 heavy (non-hydrogen) atoms. The van der Waals surface area contributed by atoms with E-state index >= 15 is 0 Å². The van der Waals surface area contributed by atoms with Crippen molar-refractivity contribution < 1.29 is 14.3 Å². The lowest BCUT2D eigenvalue weighted by Gasteiger charge is -2.13. The Balaban J connectivity index is 1.58. The van der Waals surface area contributed by atoms with Gasteiger partial charge in [0.15, 0.2) is 5.82 Å². The van der Waals surface area contributed by atoms with E-state index in [2.05, 4.69) is 9.97 Å². The fourth-order valence-corrected chi connectivity index (χ4v) is 2.94. The number of carbonyl (C=O) groups excluding carboxylic acids is 1. The largest absolute Gasteiger partial charge is 0.488 e. The number of nitrogens with zero attached hydrogens (tertiary/aromatic N) is 2. The normalized spacial score (nSPS) is 10.4. The van der Waals surface area contributed by atoms with Crippen LogP contribution in [-0.2, 0) is 18.0 Å². The molecule has 0 N–H and O–H groups in total. The van der Waals surface area contributed by atoms with Gasteiger partial charge >= 0.3 is 5.97 Å². The van der Waals surface area contributed by atoms with Gasteiger partial charge in [0.2, 0.25) is 0 Å². The maximum absolute atomic E-state index is 12.9. The first-order chi connectivity index (χ1) is 14.8. The Morgan fingerprint density at radius 3 is 2.03 bits per heavy atom. The van der Waals surface area contributed by atoms with Gasteiger partial charge in [-0.3, -0.25) is 0 Å². The maximum Gasteiger partial charge on any atom is 0.342 e. The molecule has 0 saturated heterocycles. The van der Waals surface area contributed by atoms with E-state index in [4.69, 9.17) is 9.47 Å². The van der Waals surface area contributed by atoms with Crippen molar-refractivity contribution in [3.05, 3.63) is 114 Å². The van der Waals surface area contributed by atoms with E-state index in [9.17, 15) is 4.79 Å². The van der Waals surface area contributed by atoms with E-state index in [1.807, 2.05) is 66.7 Å². The summed E-state index contributed by atoms with van der Waals surface area (Å²) in [5, 5.41) is 0. The molecule has 0 aliphatic carbocycles. The van der Waals surface area contributed by atoms with Crippen LogP contribution < -0.4 is 4.74 Å². The zero-order valence-corrected chi connectivity index (χ0v) is 16.3. The molecule has 0 fully saturated rings. The SMILES string of the molecule is O=C(OCc1ccccc1)c1cc(-c2ncccn2)ccc1OCc1ccccc1. The molecule has 4 aromatic rings. The lowest BCUT2D eigenvalue weighted by atomic mass is 10.1. The Kier molecular flexibility index (Phi) is 6.11. The highest BCUT2D eigenvalue weighted by Crippen LogP contribution is 2.26. The second-order valence-corrected chi connectivity index (χ2v) is 6.62. The Bertz CT molecular complexity index is 1100. The van der Waals surface area contributed by atoms with E-state index < -0.39 is 5.97 Å². The molecular formula is C25H20N2O3. The molecule has 5 nitrogen and oxygen atoms in total. The zero-order chi connectivity index (χ0) is 20.6. The van der Waals surface area contributed by atoms with Crippen LogP contribution in [0.2, 0.25) is 0 Å². The van der Waals surface area contributed by atoms with Crippen LogP contribution in [0.15, 0.2) is 97.3 Å². The molecule has 0 atom stereocenters. The van der Waals surface area contributed by atoms with Crippen molar-refractivity contribution in [1.82, 2.24) is 9.97 Å². The number of hydrogen-bond donors (Lipinski definition) is 0. The van der Waals surface area contributed by atoms with E-state index in [0.717, 1.165) is 11.1 Å². The average molecular weight is 396 g/mol. The third kappa shape index (κ3) is 4.89. The number of benzene rings is 3. The van der Waals surface area contributed by atoms with Crippen molar-refractivity contribution in [2.45, 2.75) is 13.2 Å². The minimum Gasteiger partial charge on any atom is -0.488 e. The molecule has 148 valence electrons. The number of rotatable bonds is 7. The fraction of sp³-hybridized carbons (Fsp3) is 0.0800. The number of ether oxygens (including phenoxy) is 2. The molecule has 0 radical (unpaired) electrons. The summed E-state index contributed by atoms with van der Waals surface area (Å²) in [5.41, 5.74) is 2.98. The third-order valence-corrected chi connectivity index (χ3v) is 4.47. The standard InChI is InChI=1S/C25H20N2O3/c28-25(30-18-20-10-5-2-6-11-20)22-16-21(24-26-14-7-15-27-24)12-13-23(22)29-17-19-8-3-1-4-9-19/h1-16H,17-18H2. The van der Waals surface area contributed by atoms with Crippen LogP contribution in [0.3, 0.4) is 0 Å². The lowest BCUT2D eigenvalue weighted by molar-refractivity contribution is 0.0467. The molecule has 0 amide bonds. The topological polar surface area (TPSA) is 61.3 Å². The van der Waals surface area contributed by atoms with Crippen LogP contribution in [0.25, 0.3) is 11.4 Å². The van der Waals surface area contributed by atoms with Gasteiger partial charge in [0, 0.05) is 18.0 Å². The minimum absolute atomic E-state index is 0.184. The zero-order valence-electron chi connectivity index (χ0n) is 16.3. The van der Waals surface area contributed by atoms with Crippen molar-refractivity contribution in [3.63, 3.8) is 0 Å². The van der Waals surface area contributed by atoms with E-state index in [1.54, 1.807) is 30.6 Å². The monoisotopic (exact) mass is 396 g/mol. The number of esters is 1. The van der Waals surface area contributed by atoms with Crippen LogP contribution in [0.1, 0.15) is 21.5 Å². The van der Waals surface area contributed by atoms with Gasteiger partial charge in [-0.25, -0.2) is 14.8 Å². The van der Waals surface area contributed by atoms with Crippen LogP contribution in [0, 0.1) is 0 Å². The summed E-state index contributed by atoms with van der Waals surface area (Å²) in [6, 6.07) is 26.4. The molecule has 3 aromatic carbocycles. The molecule has 5 heteroatoms. The van der Waals surface area contributed by atoms with Gasteiger partial charge < -0.3 is 9.47 Å². The summed E-state index contributed by atoms with van der Waals surface area (Å²) in [6.07, 6.45) is 3.32. The smallest absolute Gasteiger partial charge is 0.342 e. The predicted octanol–water partition coefficient (Wildman–Crippen LogP) is 5.08. The first kappa shape index (κ1) is 19.3. The van der Waals surface area contributed by atoms with Crippen molar-refractivity contribution in [2.75, 3.05) is 0 Å². The van der Waals surface area contributed by atoms with E-state index in [-0.39, 0.29) is 6.61 Å². The quantitative estimate of drug-likeness (QED) is 0.408. The average Bonchev–Trinajstić information content (AvgIpc) is 2.83. The Morgan fingerprint density at radius 2 is 1.37 bits per heavy atom. The minimum atomic E-state index is -0.459. The highest BCUT2D eigenvalue weighted by Gasteiger charge is 2.17. The molecule has 1 heterocycles. The highest BCUT2D eigenvalue weighted by atomic mass is 16.5. The number of carbonyl (C=O) groups is 1. The Morgan fingerprint density at radius 1 is 0.733 bits per heavy atom. The molecule has 0 unspecified atom stereocenters. The highest BCUT2D eigenvalue weighted by molar-refractivity contribution is 5.94. The second-order valence-electron chi connectivity index (χ2n) is 6.62. The molecule has 0 bridgehead atoms. The van der Waals surface area contributed by atoms with E-state index in [1.165, 1.54) is 0 Å². The van der Waals surface area contributed by atoms with Crippen molar-refractivity contribution in [1.29, 1.82) is 0 Å². The van der Waals surface area contributed by atoms with Crippen molar-refractivity contribution in [3.8, 4) is 17.1 Å². The summed E-state index contributed by atoms with van der Waals surface area (Å²) < 4.78 is 11.5. The van der Waals surface area contributed by atoms with Crippen molar-refractivity contribution >= 4 is 5.97 Å². The predicted molar refractivity (Wildman–Crippen MR) is 114 cm³/mol. The molecule has 0 aliphatic heterocycles. The molecular weight excluding hydrogens is 376 g/mol. The van der Waals surface area contributed by atoms with Gasteiger partial charge in [0.25, 0.3) is 0 Å². The summed E-state index contributed by atoms with van der Waals surface area (Å²) in [5.74, 6) is 0.528. The summed E-state index contributed by atoms with van der Waals surface area (Å²) in [6.45, 7) is 0.533. The summed E-state index contributed by atoms with van der Waals surface area (Å²) in [4.78, 5) is 21.4. The molecule has 0 aliphatic rings. The van der Waals surface area contributed by atoms with Gasteiger partial charge in [-0.2, -0.15) is 0 Å².